The molecule has 118 valence electrons. The Morgan fingerprint density at radius 1 is 1.18 bits per heavy atom. The minimum absolute atomic E-state index is 0.152. The van der Waals surface area contributed by atoms with Crippen LogP contribution < -0.4 is 5.32 Å². The third-order valence-corrected chi connectivity index (χ3v) is 6.47. The zero-order chi connectivity index (χ0) is 15.3. The van der Waals surface area contributed by atoms with Gasteiger partial charge in [-0.25, -0.2) is 4.39 Å². The van der Waals surface area contributed by atoms with Crippen molar-refractivity contribution in [2.75, 3.05) is 0 Å². The van der Waals surface area contributed by atoms with Gasteiger partial charge in [0.25, 0.3) is 0 Å². The van der Waals surface area contributed by atoms with Gasteiger partial charge in [-0.15, -0.1) is 0 Å². The molecular formula is C18H21BrFNO. The highest BCUT2D eigenvalue weighted by molar-refractivity contribution is 9.10. The molecule has 1 N–H and O–H groups in total. The van der Waals surface area contributed by atoms with Crippen LogP contribution in [0.3, 0.4) is 0 Å². The van der Waals surface area contributed by atoms with E-state index in [1.165, 1.54) is 25.3 Å². The molecule has 0 heterocycles. The summed E-state index contributed by atoms with van der Waals surface area (Å²) in [5.41, 5.74) is 0.405. The van der Waals surface area contributed by atoms with E-state index in [0.717, 1.165) is 41.5 Å². The van der Waals surface area contributed by atoms with Crippen molar-refractivity contribution < 1.29 is 9.18 Å². The zero-order valence-corrected chi connectivity index (χ0v) is 14.2. The number of halogens is 2. The van der Waals surface area contributed by atoms with Gasteiger partial charge in [0.15, 0.2) is 0 Å². The molecule has 2 nitrogen and oxygen atoms in total. The highest BCUT2D eigenvalue weighted by Crippen LogP contribution is 2.60. The summed E-state index contributed by atoms with van der Waals surface area (Å²) in [5, 5.41) is 3.02. The molecule has 0 aliphatic heterocycles. The Hall–Kier alpha value is -0.900. The molecule has 1 amide bonds. The molecule has 0 saturated heterocycles. The highest BCUT2D eigenvalue weighted by atomic mass is 79.9. The van der Waals surface area contributed by atoms with Crippen LogP contribution >= 0.6 is 15.9 Å². The summed E-state index contributed by atoms with van der Waals surface area (Å²) in [6, 6.07) is 5.00. The van der Waals surface area contributed by atoms with Crippen LogP contribution in [-0.4, -0.2) is 5.91 Å². The Morgan fingerprint density at radius 2 is 1.77 bits per heavy atom. The molecule has 0 unspecified atom stereocenters. The first-order chi connectivity index (χ1) is 10.5. The molecule has 4 aliphatic carbocycles. The third kappa shape index (κ3) is 2.49. The molecule has 0 aromatic heterocycles. The molecule has 4 heteroatoms. The van der Waals surface area contributed by atoms with Crippen molar-refractivity contribution in [3.05, 3.63) is 34.1 Å². The number of amides is 1. The molecular weight excluding hydrogens is 345 g/mol. The summed E-state index contributed by atoms with van der Waals surface area (Å²) in [6.45, 7) is 0.291. The number of rotatable bonds is 3. The van der Waals surface area contributed by atoms with E-state index < -0.39 is 0 Å². The molecule has 0 radical (unpaired) electrons. The second-order valence-electron chi connectivity index (χ2n) is 7.62. The number of benzene rings is 1. The summed E-state index contributed by atoms with van der Waals surface area (Å²) in [7, 11) is 0. The van der Waals surface area contributed by atoms with Crippen molar-refractivity contribution in [1.29, 1.82) is 0 Å². The number of hydrogen-bond donors (Lipinski definition) is 1. The molecule has 4 aliphatic rings. The van der Waals surface area contributed by atoms with Crippen LogP contribution in [0.25, 0.3) is 0 Å². The molecule has 0 spiro atoms. The van der Waals surface area contributed by atoms with Crippen LogP contribution in [0.5, 0.6) is 0 Å². The molecule has 4 bridgehead atoms. The third-order valence-electron chi connectivity index (χ3n) is 5.97. The van der Waals surface area contributed by atoms with Gasteiger partial charge in [0.2, 0.25) is 5.91 Å². The maximum absolute atomic E-state index is 13.9. The summed E-state index contributed by atoms with van der Waals surface area (Å²) in [5.74, 6) is 2.15. The first-order valence-corrected chi connectivity index (χ1v) is 9.06. The van der Waals surface area contributed by atoms with Crippen molar-refractivity contribution in [2.45, 2.75) is 45.1 Å². The van der Waals surface area contributed by atoms with E-state index in [2.05, 4.69) is 21.2 Å². The SMILES string of the molecule is O=C(NCc1ccc(Br)cc1F)C12CC3CC(CC(C3)C1)C2. The minimum atomic E-state index is -0.264. The average molecular weight is 366 g/mol. The van der Waals surface area contributed by atoms with Crippen LogP contribution in [0, 0.1) is 29.0 Å². The van der Waals surface area contributed by atoms with Gasteiger partial charge in [-0.05, 0) is 68.4 Å². The summed E-state index contributed by atoms with van der Waals surface area (Å²) >= 11 is 3.26. The maximum atomic E-state index is 13.9. The van der Waals surface area contributed by atoms with Crippen LogP contribution in [0.15, 0.2) is 22.7 Å². The summed E-state index contributed by atoms with van der Waals surface area (Å²) < 4.78 is 14.6. The lowest BCUT2D eigenvalue weighted by Gasteiger charge is -2.55. The lowest BCUT2D eigenvalue weighted by atomic mass is 9.49. The fourth-order valence-electron chi connectivity index (χ4n) is 5.42. The second kappa shape index (κ2) is 5.33. The van der Waals surface area contributed by atoms with Gasteiger partial charge in [0.1, 0.15) is 5.82 Å². The lowest BCUT2D eigenvalue weighted by molar-refractivity contribution is -0.146. The van der Waals surface area contributed by atoms with E-state index in [9.17, 15) is 9.18 Å². The van der Waals surface area contributed by atoms with E-state index >= 15 is 0 Å². The first kappa shape index (κ1) is 14.7. The Morgan fingerprint density at radius 3 is 2.32 bits per heavy atom. The monoisotopic (exact) mass is 365 g/mol. The van der Waals surface area contributed by atoms with E-state index in [-0.39, 0.29) is 17.1 Å². The molecule has 4 fully saturated rings. The Kier molecular flexibility index (Phi) is 3.55. The molecule has 1 aromatic carbocycles. The quantitative estimate of drug-likeness (QED) is 0.843. The van der Waals surface area contributed by atoms with Gasteiger partial charge in [0.05, 0.1) is 0 Å². The van der Waals surface area contributed by atoms with Crippen LogP contribution in [0.2, 0.25) is 0 Å². The fourth-order valence-corrected chi connectivity index (χ4v) is 5.75. The van der Waals surface area contributed by atoms with Crippen LogP contribution in [-0.2, 0) is 11.3 Å². The van der Waals surface area contributed by atoms with Gasteiger partial charge >= 0.3 is 0 Å². The van der Waals surface area contributed by atoms with Gasteiger partial charge < -0.3 is 5.32 Å². The van der Waals surface area contributed by atoms with E-state index in [4.69, 9.17) is 0 Å². The minimum Gasteiger partial charge on any atom is -0.351 e. The van der Waals surface area contributed by atoms with E-state index in [0.29, 0.717) is 12.1 Å². The zero-order valence-electron chi connectivity index (χ0n) is 12.6. The predicted octanol–water partition coefficient (Wildman–Crippen LogP) is 4.42. The molecule has 22 heavy (non-hydrogen) atoms. The average Bonchev–Trinajstić information content (AvgIpc) is 2.44. The van der Waals surface area contributed by atoms with Crippen molar-refractivity contribution in [2.24, 2.45) is 23.2 Å². The number of nitrogens with one attached hydrogen (secondary N) is 1. The van der Waals surface area contributed by atoms with E-state index in [1.54, 1.807) is 6.07 Å². The number of carbonyl (C=O) groups is 1. The predicted molar refractivity (Wildman–Crippen MR) is 86.6 cm³/mol. The Balaban J connectivity index is 1.46. The van der Waals surface area contributed by atoms with Gasteiger partial charge in [0, 0.05) is 22.0 Å². The fraction of sp³-hybridized carbons (Fsp3) is 0.611. The maximum Gasteiger partial charge on any atom is 0.226 e. The normalized spacial score (nSPS) is 35.6. The molecule has 4 saturated carbocycles. The summed E-state index contributed by atoms with van der Waals surface area (Å²) in [6.07, 6.45) is 7.13. The van der Waals surface area contributed by atoms with Crippen LogP contribution in [0.1, 0.15) is 44.1 Å². The number of hydrogen-bond acceptors (Lipinski definition) is 1. The second-order valence-corrected chi connectivity index (χ2v) is 8.53. The Bertz CT molecular complexity index is 580. The highest BCUT2D eigenvalue weighted by Gasteiger charge is 2.54. The standard InChI is InChI=1S/C18H21BrFNO/c19-15-2-1-14(16(20)6-15)10-21-17(22)18-7-11-3-12(8-18)5-13(4-11)9-18/h1-2,6,11-13H,3-5,7-10H2,(H,21,22). The van der Waals surface area contributed by atoms with Crippen molar-refractivity contribution in [1.82, 2.24) is 5.32 Å². The topological polar surface area (TPSA) is 29.1 Å². The molecule has 1 aromatic rings. The van der Waals surface area contributed by atoms with E-state index in [1.807, 2.05) is 6.07 Å². The largest absolute Gasteiger partial charge is 0.351 e. The van der Waals surface area contributed by atoms with Gasteiger partial charge in [-0.1, -0.05) is 22.0 Å². The first-order valence-electron chi connectivity index (χ1n) is 8.26. The van der Waals surface area contributed by atoms with Crippen molar-refractivity contribution in [3.8, 4) is 0 Å². The number of carbonyl (C=O) groups excluding carboxylic acids is 1. The van der Waals surface area contributed by atoms with Crippen LogP contribution in [0.4, 0.5) is 4.39 Å². The van der Waals surface area contributed by atoms with Gasteiger partial charge in [-0.3, -0.25) is 4.79 Å². The smallest absolute Gasteiger partial charge is 0.226 e. The lowest BCUT2D eigenvalue weighted by Crippen LogP contribution is -2.53. The Labute approximate surface area is 139 Å². The van der Waals surface area contributed by atoms with Crippen molar-refractivity contribution in [3.63, 3.8) is 0 Å². The van der Waals surface area contributed by atoms with Gasteiger partial charge in [-0.2, -0.15) is 0 Å². The molecule has 0 atom stereocenters. The molecule has 5 rings (SSSR count). The summed E-state index contributed by atoms with van der Waals surface area (Å²) in [4.78, 5) is 12.8. The van der Waals surface area contributed by atoms with Crippen molar-refractivity contribution >= 4 is 21.8 Å².